The Balaban J connectivity index is 2.27. The van der Waals surface area contributed by atoms with E-state index in [1.807, 2.05) is 6.92 Å². The van der Waals surface area contributed by atoms with Gasteiger partial charge in [-0.2, -0.15) is 5.10 Å². The maximum atomic E-state index is 12.1. The van der Waals surface area contributed by atoms with Crippen molar-refractivity contribution in [1.82, 2.24) is 14.8 Å². The highest BCUT2D eigenvalue weighted by Gasteiger charge is 2.15. The second-order valence-corrected chi connectivity index (χ2v) is 4.43. The quantitative estimate of drug-likeness (QED) is 0.902. The molecule has 1 amide bonds. The summed E-state index contributed by atoms with van der Waals surface area (Å²) in [4.78, 5) is 16.3. The summed E-state index contributed by atoms with van der Waals surface area (Å²) in [7, 11) is 3.48. The summed E-state index contributed by atoms with van der Waals surface area (Å²) in [6.07, 6.45) is 0. The van der Waals surface area contributed by atoms with Gasteiger partial charge in [0.25, 0.3) is 5.91 Å². The Morgan fingerprint density at radius 2 is 2.16 bits per heavy atom. The molecule has 0 aromatic carbocycles. The van der Waals surface area contributed by atoms with Crippen LogP contribution >= 0.6 is 11.6 Å². The maximum absolute atomic E-state index is 12.1. The van der Waals surface area contributed by atoms with Crippen LogP contribution in [0, 0.1) is 6.92 Å². The summed E-state index contributed by atoms with van der Waals surface area (Å²) in [5, 5.41) is 10.0. The lowest BCUT2D eigenvalue weighted by molar-refractivity contribution is 0.102. The molecule has 0 unspecified atom stereocenters. The average molecular weight is 280 g/mol. The molecule has 0 saturated heterocycles. The van der Waals surface area contributed by atoms with Gasteiger partial charge < -0.3 is 10.6 Å². The number of rotatable bonds is 3. The molecule has 0 atom stereocenters. The zero-order chi connectivity index (χ0) is 14.0. The molecular formula is C12H14ClN5O. The van der Waals surface area contributed by atoms with E-state index in [9.17, 15) is 4.79 Å². The molecule has 2 heterocycles. The second kappa shape index (κ2) is 5.27. The molecule has 2 aromatic rings. The van der Waals surface area contributed by atoms with Crippen molar-refractivity contribution < 1.29 is 4.79 Å². The number of carbonyl (C=O) groups is 1. The molecule has 0 aliphatic heterocycles. The van der Waals surface area contributed by atoms with Crippen LogP contribution in [0.4, 0.5) is 11.6 Å². The van der Waals surface area contributed by atoms with Crippen molar-refractivity contribution in [2.75, 3.05) is 17.7 Å². The Kier molecular flexibility index (Phi) is 3.71. The molecule has 100 valence electrons. The lowest BCUT2D eigenvalue weighted by Crippen LogP contribution is -2.17. The molecule has 19 heavy (non-hydrogen) atoms. The number of nitrogens with one attached hydrogen (secondary N) is 2. The Morgan fingerprint density at radius 3 is 2.74 bits per heavy atom. The van der Waals surface area contributed by atoms with Gasteiger partial charge in [-0.3, -0.25) is 9.48 Å². The van der Waals surface area contributed by atoms with Crippen LogP contribution in [0.25, 0.3) is 0 Å². The average Bonchev–Trinajstić information content (AvgIpc) is 2.68. The van der Waals surface area contributed by atoms with Gasteiger partial charge in [-0.1, -0.05) is 11.6 Å². The van der Waals surface area contributed by atoms with Crippen molar-refractivity contribution >= 4 is 29.1 Å². The van der Waals surface area contributed by atoms with Gasteiger partial charge in [-0.15, -0.1) is 0 Å². The number of amides is 1. The Morgan fingerprint density at radius 1 is 1.42 bits per heavy atom. The molecule has 0 aliphatic carbocycles. The molecule has 7 heteroatoms. The first-order valence-corrected chi connectivity index (χ1v) is 6.05. The molecule has 0 radical (unpaired) electrons. The minimum Gasteiger partial charge on any atom is -0.373 e. The number of pyridine rings is 1. The van der Waals surface area contributed by atoms with E-state index in [1.165, 1.54) is 0 Å². The SMILES string of the molecule is CNc1ccc(Cl)c(C(=O)Nc2cc(C)nn2C)n1. The van der Waals surface area contributed by atoms with Crippen molar-refractivity contribution in [2.45, 2.75) is 6.92 Å². The monoisotopic (exact) mass is 279 g/mol. The summed E-state index contributed by atoms with van der Waals surface area (Å²) >= 11 is 5.99. The van der Waals surface area contributed by atoms with Crippen molar-refractivity contribution in [2.24, 2.45) is 7.05 Å². The topological polar surface area (TPSA) is 71.8 Å². The molecule has 2 aromatic heterocycles. The zero-order valence-corrected chi connectivity index (χ0v) is 11.6. The molecular weight excluding hydrogens is 266 g/mol. The first-order chi connectivity index (χ1) is 9.01. The summed E-state index contributed by atoms with van der Waals surface area (Å²) < 4.78 is 1.59. The molecule has 2 N–H and O–H groups in total. The zero-order valence-electron chi connectivity index (χ0n) is 10.9. The van der Waals surface area contributed by atoms with E-state index in [-0.39, 0.29) is 11.6 Å². The number of nitrogens with zero attached hydrogens (tertiary/aromatic N) is 3. The molecule has 0 aliphatic rings. The third kappa shape index (κ3) is 2.85. The largest absolute Gasteiger partial charge is 0.373 e. The summed E-state index contributed by atoms with van der Waals surface area (Å²) in [6, 6.07) is 5.10. The smallest absolute Gasteiger partial charge is 0.277 e. The van der Waals surface area contributed by atoms with E-state index in [2.05, 4.69) is 20.7 Å². The van der Waals surface area contributed by atoms with E-state index >= 15 is 0 Å². The third-order valence-corrected chi connectivity index (χ3v) is 2.87. The van der Waals surface area contributed by atoms with E-state index in [0.29, 0.717) is 16.7 Å². The van der Waals surface area contributed by atoms with Crippen LogP contribution in [0.1, 0.15) is 16.2 Å². The highest BCUT2D eigenvalue weighted by molar-refractivity contribution is 6.34. The highest BCUT2D eigenvalue weighted by atomic mass is 35.5. The van der Waals surface area contributed by atoms with Gasteiger partial charge in [-0.05, 0) is 19.1 Å². The molecule has 6 nitrogen and oxygen atoms in total. The number of aromatic nitrogens is 3. The fourth-order valence-electron chi connectivity index (χ4n) is 1.64. The lowest BCUT2D eigenvalue weighted by atomic mass is 10.3. The Bertz CT molecular complexity index is 623. The fraction of sp³-hybridized carbons (Fsp3) is 0.250. The molecule has 0 saturated carbocycles. The van der Waals surface area contributed by atoms with Crippen molar-refractivity contribution in [1.29, 1.82) is 0 Å². The third-order valence-electron chi connectivity index (χ3n) is 2.56. The Hall–Kier alpha value is -2.08. The van der Waals surface area contributed by atoms with Gasteiger partial charge in [0, 0.05) is 20.2 Å². The van der Waals surface area contributed by atoms with E-state index in [0.717, 1.165) is 5.69 Å². The van der Waals surface area contributed by atoms with Crippen LogP contribution in [0.3, 0.4) is 0 Å². The predicted octanol–water partition coefficient (Wildman–Crippen LogP) is 2.07. The fourth-order valence-corrected chi connectivity index (χ4v) is 1.83. The van der Waals surface area contributed by atoms with Crippen LogP contribution in [-0.2, 0) is 7.05 Å². The van der Waals surface area contributed by atoms with Crippen LogP contribution in [0.5, 0.6) is 0 Å². The number of aryl methyl sites for hydroxylation is 2. The summed E-state index contributed by atoms with van der Waals surface area (Å²) in [6.45, 7) is 1.85. The van der Waals surface area contributed by atoms with Gasteiger partial charge >= 0.3 is 0 Å². The van der Waals surface area contributed by atoms with Crippen LogP contribution < -0.4 is 10.6 Å². The predicted molar refractivity (Wildman–Crippen MR) is 74.7 cm³/mol. The van der Waals surface area contributed by atoms with Crippen molar-refractivity contribution in [3.05, 3.63) is 34.6 Å². The van der Waals surface area contributed by atoms with Crippen LogP contribution in [0.15, 0.2) is 18.2 Å². The van der Waals surface area contributed by atoms with Gasteiger partial charge in [0.15, 0.2) is 0 Å². The Labute approximate surface area is 115 Å². The minimum atomic E-state index is -0.370. The number of hydrogen-bond acceptors (Lipinski definition) is 4. The normalized spacial score (nSPS) is 10.3. The van der Waals surface area contributed by atoms with Gasteiger partial charge in [0.2, 0.25) is 0 Å². The summed E-state index contributed by atoms with van der Waals surface area (Å²) in [5.74, 6) is 0.802. The van der Waals surface area contributed by atoms with Crippen molar-refractivity contribution in [3.63, 3.8) is 0 Å². The van der Waals surface area contributed by atoms with E-state index in [4.69, 9.17) is 11.6 Å². The lowest BCUT2D eigenvalue weighted by Gasteiger charge is -2.07. The molecule has 0 bridgehead atoms. The highest BCUT2D eigenvalue weighted by Crippen LogP contribution is 2.18. The van der Waals surface area contributed by atoms with Gasteiger partial charge in [0.1, 0.15) is 17.3 Å². The molecule has 0 fully saturated rings. The maximum Gasteiger partial charge on any atom is 0.277 e. The molecule has 2 rings (SSSR count). The van der Waals surface area contributed by atoms with Gasteiger partial charge in [0.05, 0.1) is 10.7 Å². The summed E-state index contributed by atoms with van der Waals surface area (Å²) in [5.41, 5.74) is 0.994. The van der Waals surface area contributed by atoms with Crippen molar-refractivity contribution in [3.8, 4) is 0 Å². The number of anilines is 2. The molecule has 0 spiro atoms. The van der Waals surface area contributed by atoms with E-state index < -0.39 is 0 Å². The first-order valence-electron chi connectivity index (χ1n) is 5.67. The van der Waals surface area contributed by atoms with E-state index in [1.54, 1.807) is 37.0 Å². The van der Waals surface area contributed by atoms with Crippen LogP contribution in [0.2, 0.25) is 5.02 Å². The first kappa shape index (κ1) is 13.4. The standard InChI is InChI=1S/C12H14ClN5O/c1-7-6-10(18(3)17-7)16-12(19)11-8(13)4-5-9(14-2)15-11/h4-6H,1-3H3,(H,14,15)(H,16,19). The number of carbonyl (C=O) groups excluding carboxylic acids is 1. The van der Waals surface area contributed by atoms with Crippen LogP contribution in [-0.4, -0.2) is 27.7 Å². The number of halogens is 1. The van der Waals surface area contributed by atoms with Gasteiger partial charge in [-0.25, -0.2) is 4.98 Å². The minimum absolute atomic E-state index is 0.173. The second-order valence-electron chi connectivity index (χ2n) is 4.03. The number of hydrogen-bond donors (Lipinski definition) is 2.